The zero-order valence-corrected chi connectivity index (χ0v) is 19.8. The van der Waals surface area contributed by atoms with Gasteiger partial charge in [0.2, 0.25) is 15.9 Å². The first-order valence-electron chi connectivity index (χ1n) is 9.99. The van der Waals surface area contributed by atoms with Crippen molar-refractivity contribution in [1.29, 1.82) is 0 Å². The summed E-state index contributed by atoms with van der Waals surface area (Å²) in [5.74, 6) is 1.12. The lowest BCUT2D eigenvalue weighted by Crippen LogP contribution is -2.48. The predicted octanol–water partition coefficient (Wildman–Crippen LogP) is 3.54. The van der Waals surface area contributed by atoms with Gasteiger partial charge in [-0.15, -0.1) is 0 Å². The minimum Gasteiger partial charge on any atom is -0.492 e. The molecule has 0 aliphatic heterocycles. The van der Waals surface area contributed by atoms with Gasteiger partial charge in [-0.05, 0) is 49.1 Å². The van der Waals surface area contributed by atoms with Crippen molar-refractivity contribution in [2.75, 3.05) is 32.2 Å². The number of carbonyl (C=O) groups is 1. The third kappa shape index (κ3) is 9.16. The Kier molecular flexibility index (Phi) is 10.1. The Balaban J connectivity index is 1.96. The quantitative estimate of drug-likeness (QED) is 0.522. The van der Waals surface area contributed by atoms with Gasteiger partial charge in [0.15, 0.2) is 0 Å². The first kappa shape index (κ1) is 25.0. The fourth-order valence-electron chi connectivity index (χ4n) is 2.75. The van der Waals surface area contributed by atoms with Crippen LogP contribution in [0.1, 0.15) is 17.5 Å². The van der Waals surface area contributed by atoms with Crippen molar-refractivity contribution in [1.82, 2.24) is 9.62 Å². The molecule has 1 amide bonds. The number of amides is 1. The normalized spacial score (nSPS) is 12.6. The van der Waals surface area contributed by atoms with Gasteiger partial charge in [0.05, 0.1) is 6.54 Å². The fraction of sp³-hybridized carbons (Fsp3) is 0.348. The molecule has 0 aliphatic rings. The number of carbonyl (C=O) groups excluding carboxylic acids is 1. The number of hydrogen-bond acceptors (Lipinski definition) is 5. The second-order valence-electron chi connectivity index (χ2n) is 7.13. The van der Waals surface area contributed by atoms with Crippen LogP contribution in [-0.4, -0.2) is 57.5 Å². The van der Waals surface area contributed by atoms with E-state index in [2.05, 4.69) is 4.72 Å². The third-order valence-electron chi connectivity index (χ3n) is 4.55. The second kappa shape index (κ2) is 12.5. The van der Waals surface area contributed by atoms with Crippen molar-refractivity contribution in [3.63, 3.8) is 0 Å². The number of sulfonamides is 1. The zero-order valence-electron chi connectivity index (χ0n) is 18.2. The van der Waals surface area contributed by atoms with E-state index in [1.807, 2.05) is 67.8 Å². The monoisotopic (exact) mass is 462 g/mol. The largest absolute Gasteiger partial charge is 0.492 e. The van der Waals surface area contributed by atoms with E-state index in [4.69, 9.17) is 4.74 Å². The fourth-order valence-corrected chi connectivity index (χ4v) is 4.25. The highest BCUT2D eigenvalue weighted by Crippen LogP contribution is 2.12. The van der Waals surface area contributed by atoms with Crippen LogP contribution in [0.4, 0.5) is 0 Å². The molecule has 2 aromatic carbocycles. The van der Waals surface area contributed by atoms with Crippen LogP contribution in [0.3, 0.4) is 0 Å². The number of nitrogens with one attached hydrogen (secondary N) is 1. The van der Waals surface area contributed by atoms with E-state index in [0.717, 1.165) is 22.3 Å². The number of nitrogens with zero attached hydrogens (tertiary/aromatic N) is 1. The van der Waals surface area contributed by atoms with Gasteiger partial charge < -0.3 is 9.64 Å². The van der Waals surface area contributed by atoms with Gasteiger partial charge in [-0.2, -0.15) is 16.5 Å². The second-order valence-corrected chi connectivity index (χ2v) is 9.72. The lowest BCUT2D eigenvalue weighted by molar-refractivity contribution is -0.132. The molecule has 1 N–H and O–H groups in total. The molecule has 31 heavy (non-hydrogen) atoms. The summed E-state index contributed by atoms with van der Waals surface area (Å²) in [6, 6.07) is 16.0. The van der Waals surface area contributed by atoms with E-state index in [9.17, 15) is 13.2 Å². The topological polar surface area (TPSA) is 75.7 Å². The van der Waals surface area contributed by atoms with Crippen LogP contribution in [0.2, 0.25) is 0 Å². The first-order valence-corrected chi connectivity index (χ1v) is 12.9. The van der Waals surface area contributed by atoms with Crippen LogP contribution >= 0.6 is 11.8 Å². The summed E-state index contributed by atoms with van der Waals surface area (Å²) in [6.45, 7) is 2.67. The van der Waals surface area contributed by atoms with Gasteiger partial charge in [0, 0.05) is 12.5 Å². The van der Waals surface area contributed by atoms with E-state index in [1.165, 1.54) is 11.0 Å². The maximum absolute atomic E-state index is 12.9. The summed E-state index contributed by atoms with van der Waals surface area (Å²) >= 11 is 1.56. The van der Waals surface area contributed by atoms with Gasteiger partial charge >= 0.3 is 0 Å². The molecular formula is C23H30N2O4S2. The summed E-state index contributed by atoms with van der Waals surface area (Å²) in [4.78, 5) is 14.4. The van der Waals surface area contributed by atoms with E-state index < -0.39 is 16.1 Å². The van der Waals surface area contributed by atoms with Crippen LogP contribution in [0, 0.1) is 6.92 Å². The first-order chi connectivity index (χ1) is 14.8. The number of likely N-dealkylation sites (N-methyl/N-ethyl adjacent to an activating group) is 1. The van der Waals surface area contributed by atoms with Crippen LogP contribution in [0.5, 0.6) is 5.75 Å². The minimum absolute atomic E-state index is 0.279. The Labute approximate surface area is 189 Å². The Morgan fingerprint density at radius 3 is 2.48 bits per heavy atom. The van der Waals surface area contributed by atoms with E-state index in [-0.39, 0.29) is 5.91 Å². The van der Waals surface area contributed by atoms with Crippen LogP contribution in [0.25, 0.3) is 6.08 Å². The molecule has 0 radical (unpaired) electrons. The molecule has 2 aromatic rings. The molecule has 2 rings (SSSR count). The molecule has 0 spiro atoms. The van der Waals surface area contributed by atoms with Crippen LogP contribution in [0.15, 0.2) is 60.0 Å². The third-order valence-corrected chi connectivity index (χ3v) is 6.30. The van der Waals surface area contributed by atoms with Crippen molar-refractivity contribution < 1.29 is 17.9 Å². The van der Waals surface area contributed by atoms with Gasteiger partial charge in [-0.25, -0.2) is 8.42 Å². The van der Waals surface area contributed by atoms with E-state index in [1.54, 1.807) is 18.8 Å². The average Bonchev–Trinajstić information content (AvgIpc) is 2.76. The summed E-state index contributed by atoms with van der Waals surface area (Å²) in [5.41, 5.74) is 1.91. The maximum atomic E-state index is 12.9. The van der Waals surface area contributed by atoms with Gasteiger partial charge in [0.25, 0.3) is 0 Å². The number of ether oxygens (including phenoxy) is 1. The Bertz CT molecular complexity index is 945. The molecule has 0 saturated carbocycles. The number of rotatable bonds is 12. The number of thioether (sulfide) groups is 1. The molecule has 0 saturated heterocycles. The highest BCUT2D eigenvalue weighted by atomic mass is 32.2. The van der Waals surface area contributed by atoms with E-state index >= 15 is 0 Å². The minimum atomic E-state index is -3.77. The molecule has 6 nitrogen and oxygen atoms in total. The highest BCUT2D eigenvalue weighted by Gasteiger charge is 2.25. The highest BCUT2D eigenvalue weighted by molar-refractivity contribution is 7.98. The van der Waals surface area contributed by atoms with E-state index in [0.29, 0.717) is 25.3 Å². The van der Waals surface area contributed by atoms with Crippen molar-refractivity contribution >= 4 is 33.8 Å². The molecule has 0 fully saturated rings. The van der Waals surface area contributed by atoms with Gasteiger partial charge in [-0.1, -0.05) is 48.0 Å². The van der Waals surface area contributed by atoms with Crippen molar-refractivity contribution in [3.8, 4) is 5.75 Å². The molecule has 0 aliphatic carbocycles. The van der Waals surface area contributed by atoms with Crippen molar-refractivity contribution in [2.45, 2.75) is 19.4 Å². The zero-order chi connectivity index (χ0) is 22.7. The molecule has 8 heteroatoms. The molecule has 1 atom stereocenters. The molecule has 1 unspecified atom stereocenters. The SMILES string of the molecule is CSCCC(NS(=O)(=O)/C=C/c1ccccc1)C(=O)N(C)CCOc1ccc(C)cc1. The molecular weight excluding hydrogens is 432 g/mol. The van der Waals surface area contributed by atoms with Crippen LogP contribution < -0.4 is 9.46 Å². The number of hydrogen-bond donors (Lipinski definition) is 1. The lowest BCUT2D eigenvalue weighted by atomic mass is 10.2. The van der Waals surface area contributed by atoms with Crippen LogP contribution in [-0.2, 0) is 14.8 Å². The number of benzene rings is 2. The van der Waals surface area contributed by atoms with Gasteiger partial charge in [0.1, 0.15) is 18.4 Å². The van der Waals surface area contributed by atoms with Crippen molar-refractivity contribution in [2.24, 2.45) is 0 Å². The summed E-state index contributed by atoms with van der Waals surface area (Å²) < 4.78 is 33.3. The smallest absolute Gasteiger partial charge is 0.240 e. The Morgan fingerprint density at radius 1 is 1.16 bits per heavy atom. The summed E-state index contributed by atoms with van der Waals surface area (Å²) in [6.07, 6.45) is 3.84. The lowest BCUT2D eigenvalue weighted by Gasteiger charge is -2.24. The Hall–Kier alpha value is -2.29. The Morgan fingerprint density at radius 2 is 1.84 bits per heavy atom. The summed E-state index contributed by atoms with van der Waals surface area (Å²) in [5, 5.41) is 1.10. The molecule has 0 aromatic heterocycles. The van der Waals surface area contributed by atoms with Gasteiger partial charge in [-0.3, -0.25) is 4.79 Å². The average molecular weight is 463 g/mol. The standard InChI is InChI=1S/C23H30N2O4S2/c1-19-9-11-21(12-10-19)29-16-15-25(2)23(26)22(13-17-30-3)24-31(27,28)18-14-20-7-5-4-6-8-20/h4-12,14,18,22,24H,13,15-17H2,1-3H3/b18-14+. The van der Waals surface area contributed by atoms with Crippen molar-refractivity contribution in [3.05, 3.63) is 71.1 Å². The predicted molar refractivity (Wildman–Crippen MR) is 129 cm³/mol. The summed E-state index contributed by atoms with van der Waals surface area (Å²) in [7, 11) is -2.12. The molecule has 168 valence electrons. The number of aryl methyl sites for hydroxylation is 1. The molecule has 0 bridgehead atoms. The maximum Gasteiger partial charge on any atom is 0.240 e. The molecule has 0 heterocycles.